The van der Waals surface area contributed by atoms with Crippen LogP contribution in [0.15, 0.2) is 78.5 Å². The van der Waals surface area contributed by atoms with Crippen molar-refractivity contribution < 1.29 is 19.4 Å². The summed E-state index contributed by atoms with van der Waals surface area (Å²) >= 11 is 0. The van der Waals surface area contributed by atoms with Crippen molar-refractivity contribution in [2.24, 2.45) is 5.92 Å². The smallest absolute Gasteiger partial charge is 0.303 e. The Kier molecular flexibility index (Phi) is 9.68. The number of hydrogen-bond donors (Lipinski definition) is 3. The molecule has 0 aliphatic carbocycles. The lowest BCUT2D eigenvalue weighted by atomic mass is 9.84. The van der Waals surface area contributed by atoms with E-state index in [2.05, 4.69) is 17.2 Å². The zero-order chi connectivity index (χ0) is 26.8. The molecule has 2 unspecified atom stereocenters. The van der Waals surface area contributed by atoms with Crippen molar-refractivity contribution in [2.45, 2.75) is 52.1 Å². The van der Waals surface area contributed by atoms with Crippen LogP contribution in [0.1, 0.15) is 42.9 Å². The van der Waals surface area contributed by atoms with E-state index in [-0.39, 0.29) is 24.3 Å². The van der Waals surface area contributed by atoms with Gasteiger partial charge < -0.3 is 20.5 Å². The molecule has 0 spiro atoms. The number of nitrogens with zero attached hydrogens (tertiary/aromatic N) is 1. The molecule has 2 aromatic rings. The molecule has 1 heterocycles. The monoisotopic (exact) mass is 499 g/mol. The second-order valence-electron chi connectivity index (χ2n) is 8.98. The number of hydrogen-bond acceptors (Lipinski definition) is 5. The topological polar surface area (TPSA) is 111 Å². The maximum absolute atomic E-state index is 13.1. The first-order valence-electron chi connectivity index (χ1n) is 12.4. The quantitative estimate of drug-likeness (QED) is 0.285. The second kappa shape index (κ2) is 13.1. The minimum Gasteiger partial charge on any atom is -0.481 e. The van der Waals surface area contributed by atoms with Gasteiger partial charge in [-0.1, -0.05) is 37.3 Å². The molecule has 0 saturated carbocycles. The molecule has 3 N–H and O–H groups in total. The van der Waals surface area contributed by atoms with Crippen molar-refractivity contribution in [1.82, 2.24) is 10.6 Å². The van der Waals surface area contributed by atoms with Crippen LogP contribution in [-0.4, -0.2) is 23.0 Å². The van der Waals surface area contributed by atoms with E-state index >= 15 is 0 Å². The van der Waals surface area contributed by atoms with Crippen molar-refractivity contribution in [1.29, 1.82) is 5.26 Å². The third kappa shape index (κ3) is 7.58. The second-order valence-corrected chi connectivity index (χ2v) is 8.98. The fourth-order valence-corrected chi connectivity index (χ4v) is 4.48. The molecule has 0 radical (unpaired) electrons. The van der Waals surface area contributed by atoms with Crippen LogP contribution in [0.3, 0.4) is 0 Å². The SMILES string of the molecule is C=CC1CC(/C=C/C#N)C(CC)=C(C(=O)NCc2cccc(Oc3ccc(CCC(=O)O)c(C)c3)c2)N1. The molecule has 2 aromatic carbocycles. The minimum absolute atomic E-state index is 0.00495. The predicted molar refractivity (Wildman–Crippen MR) is 143 cm³/mol. The molecule has 2 atom stereocenters. The van der Waals surface area contributed by atoms with Gasteiger partial charge in [-0.3, -0.25) is 9.59 Å². The number of benzene rings is 2. The third-order valence-electron chi connectivity index (χ3n) is 6.41. The highest BCUT2D eigenvalue weighted by Crippen LogP contribution is 2.30. The normalized spacial score (nSPS) is 17.1. The Hall–Kier alpha value is -4.31. The molecule has 1 aliphatic rings. The van der Waals surface area contributed by atoms with Gasteiger partial charge in [0.05, 0.1) is 6.07 Å². The number of aliphatic carboxylic acids is 1. The summed E-state index contributed by atoms with van der Waals surface area (Å²) in [5.74, 6) is 0.292. The summed E-state index contributed by atoms with van der Waals surface area (Å²) in [5, 5.41) is 24.1. The largest absolute Gasteiger partial charge is 0.481 e. The van der Waals surface area contributed by atoms with Gasteiger partial charge in [-0.25, -0.2) is 0 Å². The molecule has 3 rings (SSSR count). The number of carboxylic acid groups (broad SMARTS) is 1. The molecule has 192 valence electrons. The van der Waals surface area contributed by atoms with Crippen LogP contribution in [0.4, 0.5) is 0 Å². The van der Waals surface area contributed by atoms with Gasteiger partial charge in [0.25, 0.3) is 5.91 Å². The van der Waals surface area contributed by atoms with Gasteiger partial charge in [0.15, 0.2) is 0 Å². The predicted octanol–water partition coefficient (Wildman–Crippen LogP) is 5.33. The third-order valence-corrected chi connectivity index (χ3v) is 6.41. The van der Waals surface area contributed by atoms with Crippen molar-refractivity contribution in [3.63, 3.8) is 0 Å². The van der Waals surface area contributed by atoms with E-state index in [9.17, 15) is 9.59 Å². The van der Waals surface area contributed by atoms with E-state index in [1.165, 1.54) is 6.08 Å². The van der Waals surface area contributed by atoms with Crippen LogP contribution in [-0.2, 0) is 22.6 Å². The number of carbonyl (C=O) groups is 2. The Morgan fingerprint density at radius 3 is 2.73 bits per heavy atom. The Morgan fingerprint density at radius 2 is 2.05 bits per heavy atom. The van der Waals surface area contributed by atoms with Crippen molar-refractivity contribution >= 4 is 11.9 Å². The summed E-state index contributed by atoms with van der Waals surface area (Å²) in [6.07, 6.45) is 7.12. The van der Waals surface area contributed by atoms with E-state index in [0.717, 1.165) is 28.7 Å². The van der Waals surface area contributed by atoms with Gasteiger partial charge in [-0.15, -0.1) is 6.58 Å². The first-order chi connectivity index (χ1) is 17.8. The maximum atomic E-state index is 13.1. The summed E-state index contributed by atoms with van der Waals surface area (Å²) in [4.78, 5) is 24.0. The summed E-state index contributed by atoms with van der Waals surface area (Å²) in [6.45, 7) is 8.13. The van der Waals surface area contributed by atoms with Crippen molar-refractivity contribution in [3.05, 3.63) is 95.2 Å². The maximum Gasteiger partial charge on any atom is 0.303 e. The van der Waals surface area contributed by atoms with Crippen LogP contribution in [0, 0.1) is 24.2 Å². The average Bonchev–Trinajstić information content (AvgIpc) is 2.89. The molecule has 37 heavy (non-hydrogen) atoms. The van der Waals surface area contributed by atoms with Crippen molar-refractivity contribution in [2.75, 3.05) is 0 Å². The number of nitrogens with one attached hydrogen (secondary N) is 2. The first-order valence-corrected chi connectivity index (χ1v) is 12.4. The molecule has 0 aromatic heterocycles. The Balaban J connectivity index is 1.68. The summed E-state index contributed by atoms with van der Waals surface area (Å²) in [7, 11) is 0. The van der Waals surface area contributed by atoms with Crippen LogP contribution in [0.2, 0.25) is 0 Å². The average molecular weight is 500 g/mol. The highest BCUT2D eigenvalue weighted by Gasteiger charge is 2.28. The molecule has 7 heteroatoms. The Labute approximate surface area is 218 Å². The lowest BCUT2D eigenvalue weighted by molar-refractivity contribution is -0.137. The lowest BCUT2D eigenvalue weighted by Gasteiger charge is -2.32. The molecular weight excluding hydrogens is 466 g/mol. The zero-order valence-electron chi connectivity index (χ0n) is 21.3. The van der Waals surface area contributed by atoms with Crippen LogP contribution < -0.4 is 15.4 Å². The standard InChI is InChI=1S/C30H33N3O4/c1-4-24-18-23(9-7-15-31)27(5-2)29(33-24)30(36)32-19-21-8-6-10-25(17-21)37-26-13-11-22(20(3)16-26)12-14-28(34)35/h4,6-11,13,16-17,23-24,33H,1,5,12,14,18-19H2,2-3H3,(H,32,36)(H,34,35)/b9-7+. The number of amides is 1. The lowest BCUT2D eigenvalue weighted by Crippen LogP contribution is -2.42. The number of allylic oxidation sites excluding steroid dienone is 3. The highest BCUT2D eigenvalue weighted by atomic mass is 16.5. The summed E-state index contributed by atoms with van der Waals surface area (Å²) in [5.41, 5.74) is 4.35. The number of nitriles is 1. The Morgan fingerprint density at radius 1 is 1.27 bits per heavy atom. The number of carbonyl (C=O) groups excluding carboxylic acids is 1. The van der Waals surface area contributed by atoms with Gasteiger partial charge in [0.1, 0.15) is 17.2 Å². The van der Waals surface area contributed by atoms with Crippen LogP contribution in [0.5, 0.6) is 11.5 Å². The minimum atomic E-state index is -0.818. The van der Waals surface area contributed by atoms with E-state index < -0.39 is 5.97 Å². The van der Waals surface area contributed by atoms with E-state index in [1.807, 2.05) is 68.5 Å². The molecule has 7 nitrogen and oxygen atoms in total. The van der Waals surface area contributed by atoms with Gasteiger partial charge in [-0.2, -0.15) is 5.26 Å². The van der Waals surface area contributed by atoms with Crippen LogP contribution >= 0.6 is 0 Å². The fraction of sp³-hybridized carbons (Fsp3) is 0.300. The Bertz CT molecular complexity index is 1260. The van der Waals surface area contributed by atoms with Gasteiger partial charge in [0, 0.05) is 31.0 Å². The number of rotatable bonds is 11. The number of carboxylic acids is 1. The first kappa shape index (κ1) is 27.3. The van der Waals surface area contributed by atoms with Crippen molar-refractivity contribution in [3.8, 4) is 17.6 Å². The van der Waals surface area contributed by atoms with Gasteiger partial charge >= 0.3 is 5.97 Å². The van der Waals surface area contributed by atoms with Gasteiger partial charge in [0.2, 0.25) is 0 Å². The summed E-state index contributed by atoms with van der Waals surface area (Å²) in [6, 6.07) is 15.1. The number of aryl methyl sites for hydroxylation is 2. The van der Waals surface area contributed by atoms with Gasteiger partial charge in [-0.05, 0) is 72.7 Å². The van der Waals surface area contributed by atoms with E-state index in [0.29, 0.717) is 36.6 Å². The van der Waals surface area contributed by atoms with Crippen LogP contribution in [0.25, 0.3) is 0 Å². The van der Waals surface area contributed by atoms with E-state index in [4.69, 9.17) is 15.1 Å². The zero-order valence-corrected chi connectivity index (χ0v) is 21.3. The molecule has 0 fully saturated rings. The molecular formula is C30H33N3O4. The van der Waals surface area contributed by atoms with E-state index in [1.54, 1.807) is 6.08 Å². The summed E-state index contributed by atoms with van der Waals surface area (Å²) < 4.78 is 6.02. The highest BCUT2D eigenvalue weighted by molar-refractivity contribution is 5.94. The fourth-order valence-electron chi connectivity index (χ4n) is 4.48. The molecule has 1 amide bonds. The number of ether oxygens (including phenoxy) is 1. The molecule has 0 bridgehead atoms. The molecule has 1 aliphatic heterocycles. The molecule has 0 saturated heterocycles.